The molecule has 3 aromatic carbocycles. The Balaban J connectivity index is 1.39. The average Bonchev–Trinajstić information content (AvgIpc) is 3.27. The molecule has 1 N–H and O–H groups in total. The Morgan fingerprint density at radius 1 is 0.897 bits per heavy atom. The van der Waals surface area contributed by atoms with E-state index in [1.165, 1.54) is 0 Å². The van der Waals surface area contributed by atoms with Gasteiger partial charge in [-0.25, -0.2) is 0 Å². The maximum absolute atomic E-state index is 12.4. The first-order valence-corrected chi connectivity index (χ1v) is 9.13. The Labute approximate surface area is 168 Å². The van der Waals surface area contributed by atoms with Crippen molar-refractivity contribution in [3.05, 3.63) is 90.3 Å². The molecule has 0 aliphatic rings. The van der Waals surface area contributed by atoms with Crippen molar-refractivity contribution in [1.29, 1.82) is 0 Å². The molecule has 0 aliphatic carbocycles. The zero-order chi connectivity index (χ0) is 20.1. The van der Waals surface area contributed by atoms with Crippen LogP contribution in [0.3, 0.4) is 0 Å². The van der Waals surface area contributed by atoms with Crippen LogP contribution in [0.4, 0.5) is 0 Å². The summed E-state index contributed by atoms with van der Waals surface area (Å²) in [6, 6.07) is 24.8. The minimum absolute atomic E-state index is 0.149. The number of carbonyl (C=O) groups excluding carboxylic acids is 1. The number of amides is 1. The van der Waals surface area contributed by atoms with Crippen molar-refractivity contribution in [2.24, 2.45) is 0 Å². The predicted molar refractivity (Wildman–Crippen MR) is 109 cm³/mol. The van der Waals surface area contributed by atoms with E-state index >= 15 is 0 Å². The van der Waals surface area contributed by atoms with E-state index in [2.05, 4.69) is 15.5 Å². The number of methoxy groups -OCH3 is 1. The molecule has 0 atom stereocenters. The van der Waals surface area contributed by atoms with Crippen molar-refractivity contribution in [3.8, 4) is 28.3 Å². The Kier molecular flexibility index (Phi) is 5.33. The second kappa shape index (κ2) is 8.39. The molecule has 0 bridgehead atoms. The zero-order valence-corrected chi connectivity index (χ0v) is 15.8. The highest BCUT2D eigenvalue weighted by molar-refractivity contribution is 5.94. The lowest BCUT2D eigenvalue weighted by molar-refractivity contribution is 0.0947. The van der Waals surface area contributed by atoms with E-state index in [0.717, 1.165) is 16.7 Å². The highest BCUT2D eigenvalue weighted by Gasteiger charge is 2.11. The molecule has 0 aliphatic heterocycles. The van der Waals surface area contributed by atoms with Crippen LogP contribution in [0.5, 0.6) is 5.75 Å². The maximum atomic E-state index is 12.4. The van der Waals surface area contributed by atoms with Gasteiger partial charge in [-0.2, -0.15) is 0 Å². The van der Waals surface area contributed by atoms with E-state index in [9.17, 15) is 4.79 Å². The van der Waals surface area contributed by atoms with E-state index in [1.807, 2.05) is 66.7 Å². The SMILES string of the molecule is COc1cccc(-c2nnc(CNC(=O)c3ccc(-c4ccccc4)cc3)o2)c1. The van der Waals surface area contributed by atoms with E-state index in [1.54, 1.807) is 19.2 Å². The molecular weight excluding hydrogens is 366 g/mol. The minimum atomic E-state index is -0.203. The normalized spacial score (nSPS) is 10.5. The van der Waals surface area contributed by atoms with E-state index in [0.29, 0.717) is 23.1 Å². The van der Waals surface area contributed by atoms with E-state index in [-0.39, 0.29) is 12.5 Å². The summed E-state index contributed by atoms with van der Waals surface area (Å²) >= 11 is 0. The van der Waals surface area contributed by atoms with Gasteiger partial charge in [-0.15, -0.1) is 10.2 Å². The molecule has 144 valence electrons. The maximum Gasteiger partial charge on any atom is 0.251 e. The van der Waals surface area contributed by atoms with Crippen LogP contribution in [-0.2, 0) is 6.54 Å². The molecule has 0 spiro atoms. The third kappa shape index (κ3) is 4.32. The van der Waals surface area contributed by atoms with Crippen molar-refractivity contribution >= 4 is 5.91 Å². The lowest BCUT2D eigenvalue weighted by Crippen LogP contribution is -2.22. The Morgan fingerprint density at radius 2 is 1.62 bits per heavy atom. The summed E-state index contributed by atoms with van der Waals surface area (Å²) < 4.78 is 10.8. The summed E-state index contributed by atoms with van der Waals surface area (Å²) in [5.74, 6) is 1.21. The lowest BCUT2D eigenvalue weighted by Gasteiger charge is -2.05. The molecule has 0 saturated heterocycles. The summed E-state index contributed by atoms with van der Waals surface area (Å²) in [4.78, 5) is 12.4. The average molecular weight is 385 g/mol. The molecule has 4 aromatic rings. The van der Waals surface area contributed by atoms with Gasteiger partial charge in [0.2, 0.25) is 11.8 Å². The number of benzene rings is 3. The largest absolute Gasteiger partial charge is 0.497 e. The van der Waals surface area contributed by atoms with Gasteiger partial charge in [0.15, 0.2) is 0 Å². The fourth-order valence-corrected chi connectivity index (χ4v) is 2.90. The molecule has 29 heavy (non-hydrogen) atoms. The van der Waals surface area contributed by atoms with Crippen LogP contribution >= 0.6 is 0 Å². The number of nitrogens with one attached hydrogen (secondary N) is 1. The number of aromatic nitrogens is 2. The molecule has 0 radical (unpaired) electrons. The van der Waals surface area contributed by atoms with Crippen molar-refractivity contribution in [3.63, 3.8) is 0 Å². The molecule has 0 fully saturated rings. The summed E-state index contributed by atoms with van der Waals surface area (Å²) in [6.45, 7) is 0.149. The number of rotatable bonds is 6. The topological polar surface area (TPSA) is 77.3 Å². The summed E-state index contributed by atoms with van der Waals surface area (Å²) in [6.07, 6.45) is 0. The van der Waals surface area contributed by atoms with Crippen LogP contribution in [0.15, 0.2) is 83.3 Å². The minimum Gasteiger partial charge on any atom is -0.497 e. The third-order valence-corrected chi connectivity index (χ3v) is 4.44. The summed E-state index contributed by atoms with van der Waals surface area (Å²) in [5, 5.41) is 10.8. The van der Waals surface area contributed by atoms with Gasteiger partial charge in [0.05, 0.1) is 13.7 Å². The fraction of sp³-hybridized carbons (Fsp3) is 0.0870. The number of hydrogen-bond acceptors (Lipinski definition) is 5. The Hall–Kier alpha value is -3.93. The highest BCUT2D eigenvalue weighted by atomic mass is 16.5. The summed E-state index contributed by atoms with van der Waals surface area (Å²) in [7, 11) is 1.60. The monoisotopic (exact) mass is 385 g/mol. The first kappa shape index (κ1) is 18.4. The van der Waals surface area contributed by atoms with Gasteiger partial charge in [0.1, 0.15) is 5.75 Å². The van der Waals surface area contributed by atoms with Crippen LogP contribution in [-0.4, -0.2) is 23.2 Å². The lowest BCUT2D eigenvalue weighted by atomic mass is 10.0. The van der Waals surface area contributed by atoms with E-state index < -0.39 is 0 Å². The third-order valence-electron chi connectivity index (χ3n) is 4.44. The smallest absolute Gasteiger partial charge is 0.251 e. The zero-order valence-electron chi connectivity index (χ0n) is 15.8. The molecular formula is C23H19N3O3. The molecule has 0 unspecified atom stereocenters. The number of ether oxygens (including phenoxy) is 1. The first-order valence-electron chi connectivity index (χ1n) is 9.13. The molecule has 0 saturated carbocycles. The molecule has 4 rings (SSSR count). The number of nitrogens with zero attached hydrogens (tertiary/aromatic N) is 2. The molecule has 6 nitrogen and oxygen atoms in total. The summed E-state index contributed by atoms with van der Waals surface area (Å²) in [5.41, 5.74) is 3.49. The Bertz CT molecular complexity index is 1110. The van der Waals surface area contributed by atoms with Crippen molar-refractivity contribution in [1.82, 2.24) is 15.5 Å². The van der Waals surface area contributed by atoms with Crippen LogP contribution in [0.25, 0.3) is 22.6 Å². The second-order valence-corrected chi connectivity index (χ2v) is 6.36. The van der Waals surface area contributed by atoms with Gasteiger partial charge in [0.25, 0.3) is 5.91 Å². The van der Waals surface area contributed by atoms with Gasteiger partial charge < -0.3 is 14.5 Å². The van der Waals surface area contributed by atoms with Crippen molar-refractivity contribution in [2.45, 2.75) is 6.54 Å². The standard InChI is InChI=1S/C23H19N3O3/c1-28-20-9-5-8-19(14-20)23-26-25-21(29-23)15-24-22(27)18-12-10-17(11-13-18)16-6-3-2-4-7-16/h2-14H,15H2,1H3,(H,24,27). The molecule has 1 amide bonds. The van der Waals surface area contributed by atoms with Crippen LogP contribution in [0.1, 0.15) is 16.2 Å². The molecule has 6 heteroatoms. The molecule has 1 heterocycles. The van der Waals surface area contributed by atoms with Gasteiger partial charge in [-0.3, -0.25) is 4.79 Å². The van der Waals surface area contributed by atoms with Crippen LogP contribution < -0.4 is 10.1 Å². The van der Waals surface area contributed by atoms with E-state index in [4.69, 9.17) is 9.15 Å². The van der Waals surface area contributed by atoms with Crippen molar-refractivity contribution in [2.75, 3.05) is 7.11 Å². The van der Waals surface area contributed by atoms with Crippen molar-refractivity contribution < 1.29 is 13.9 Å². The fourth-order valence-electron chi connectivity index (χ4n) is 2.90. The number of hydrogen-bond donors (Lipinski definition) is 1. The van der Waals surface area contributed by atoms with Gasteiger partial charge in [-0.05, 0) is 41.5 Å². The van der Waals surface area contributed by atoms with Gasteiger partial charge in [0, 0.05) is 11.1 Å². The highest BCUT2D eigenvalue weighted by Crippen LogP contribution is 2.23. The second-order valence-electron chi connectivity index (χ2n) is 6.36. The van der Waals surface area contributed by atoms with Gasteiger partial charge >= 0.3 is 0 Å². The first-order chi connectivity index (χ1) is 14.2. The number of carbonyl (C=O) groups is 1. The van der Waals surface area contributed by atoms with Gasteiger partial charge in [-0.1, -0.05) is 48.5 Å². The quantitative estimate of drug-likeness (QED) is 0.534. The Morgan fingerprint density at radius 3 is 2.38 bits per heavy atom. The van der Waals surface area contributed by atoms with Crippen LogP contribution in [0.2, 0.25) is 0 Å². The van der Waals surface area contributed by atoms with Crippen LogP contribution in [0, 0.1) is 0 Å². The predicted octanol–water partition coefficient (Wildman–Crippen LogP) is 4.34. The molecule has 1 aromatic heterocycles.